The van der Waals surface area contributed by atoms with E-state index in [1.54, 1.807) is 0 Å². The molecule has 1 aromatic heterocycles. The highest BCUT2D eigenvalue weighted by Crippen LogP contribution is 2.29. The number of piperidine rings is 1. The molecule has 0 atom stereocenters. The van der Waals surface area contributed by atoms with Gasteiger partial charge in [0.1, 0.15) is 18.2 Å². The second kappa shape index (κ2) is 13.2. The summed E-state index contributed by atoms with van der Waals surface area (Å²) in [6.07, 6.45) is 3.70. The number of ether oxygens (including phenoxy) is 2. The lowest BCUT2D eigenvalue weighted by Gasteiger charge is -2.46. The van der Waals surface area contributed by atoms with Crippen molar-refractivity contribution < 1.29 is 14.3 Å². The monoisotopic (exact) mass is 571 g/mol. The van der Waals surface area contributed by atoms with Crippen LogP contribution in [0.5, 0.6) is 5.75 Å². The summed E-state index contributed by atoms with van der Waals surface area (Å²) < 4.78 is 11.5. The molecule has 0 aliphatic carbocycles. The van der Waals surface area contributed by atoms with Gasteiger partial charge in [-0.25, -0.2) is 4.98 Å². The van der Waals surface area contributed by atoms with Crippen molar-refractivity contribution in [1.82, 2.24) is 20.5 Å². The normalized spacial score (nSPS) is 18.8. The molecule has 2 aliphatic rings. The van der Waals surface area contributed by atoms with Crippen molar-refractivity contribution in [3.63, 3.8) is 0 Å². The SMILES string of the molecule is CC1(C)CC(NC(=O)c2ccc(COc3cccc(-c4ccc(NCCN5CCOCC5)nc4)c3)cc2)CC(C)(C)N1. The molecule has 42 heavy (non-hydrogen) atoms. The largest absolute Gasteiger partial charge is 0.489 e. The zero-order valence-electron chi connectivity index (χ0n) is 25.4. The molecule has 0 unspecified atom stereocenters. The second-order valence-electron chi connectivity index (χ2n) is 12.8. The summed E-state index contributed by atoms with van der Waals surface area (Å²) in [6.45, 7) is 14.6. The quantitative estimate of drug-likeness (QED) is 0.312. The van der Waals surface area contributed by atoms with E-state index in [4.69, 9.17) is 9.47 Å². The summed E-state index contributed by atoms with van der Waals surface area (Å²) in [5.74, 6) is 1.64. The van der Waals surface area contributed by atoms with E-state index in [2.05, 4.69) is 65.7 Å². The first kappa shape index (κ1) is 30.0. The molecule has 3 heterocycles. The van der Waals surface area contributed by atoms with Crippen LogP contribution < -0.4 is 20.7 Å². The van der Waals surface area contributed by atoms with Gasteiger partial charge in [-0.2, -0.15) is 0 Å². The summed E-state index contributed by atoms with van der Waals surface area (Å²) in [7, 11) is 0. The van der Waals surface area contributed by atoms with E-state index in [0.717, 1.165) is 80.5 Å². The van der Waals surface area contributed by atoms with Crippen LogP contribution in [-0.4, -0.2) is 72.3 Å². The van der Waals surface area contributed by atoms with Crippen LogP contribution >= 0.6 is 0 Å². The maximum absolute atomic E-state index is 13.0. The molecular weight excluding hydrogens is 526 g/mol. The molecule has 224 valence electrons. The molecule has 0 bridgehead atoms. The van der Waals surface area contributed by atoms with Gasteiger partial charge in [-0.15, -0.1) is 0 Å². The number of rotatable bonds is 10. The van der Waals surface area contributed by atoms with E-state index in [0.29, 0.717) is 12.2 Å². The Morgan fingerprint density at radius 3 is 2.43 bits per heavy atom. The first-order valence-electron chi connectivity index (χ1n) is 15.1. The predicted molar refractivity (Wildman–Crippen MR) is 168 cm³/mol. The molecule has 1 amide bonds. The summed E-state index contributed by atoms with van der Waals surface area (Å²) >= 11 is 0. The fourth-order valence-corrected chi connectivity index (χ4v) is 6.21. The lowest BCUT2D eigenvalue weighted by molar-refractivity contribution is 0.0398. The number of carbonyl (C=O) groups is 1. The number of morpholine rings is 1. The molecule has 3 N–H and O–H groups in total. The Morgan fingerprint density at radius 1 is 1.00 bits per heavy atom. The predicted octanol–water partition coefficient (Wildman–Crippen LogP) is 5.11. The van der Waals surface area contributed by atoms with Crippen LogP contribution in [0.2, 0.25) is 0 Å². The fourth-order valence-electron chi connectivity index (χ4n) is 6.21. The number of carbonyl (C=O) groups excluding carboxylic acids is 1. The highest BCUT2D eigenvalue weighted by Gasteiger charge is 2.38. The lowest BCUT2D eigenvalue weighted by Crippen LogP contribution is -2.62. The highest BCUT2D eigenvalue weighted by molar-refractivity contribution is 5.94. The number of pyridine rings is 1. The molecular formula is C34H45N5O3. The van der Waals surface area contributed by atoms with Gasteiger partial charge in [0.2, 0.25) is 0 Å². The Balaban J connectivity index is 1.10. The molecule has 3 aromatic rings. The molecule has 8 nitrogen and oxygen atoms in total. The average Bonchev–Trinajstić information content (AvgIpc) is 2.96. The van der Waals surface area contributed by atoms with Gasteiger partial charge in [-0.3, -0.25) is 9.69 Å². The molecule has 0 saturated carbocycles. The standard InChI is InChI=1S/C34H45N5O3/c1-33(2)21-29(22-34(3,4)38-33)37-32(40)26-10-8-25(9-11-26)24-42-30-7-5-6-27(20-30)28-12-13-31(36-23-28)35-14-15-39-16-18-41-19-17-39/h5-13,20,23,29,38H,14-19,21-22,24H2,1-4H3,(H,35,36)(H,37,40). The summed E-state index contributed by atoms with van der Waals surface area (Å²) in [4.78, 5) is 20.0. The third kappa shape index (κ3) is 8.53. The van der Waals surface area contributed by atoms with E-state index in [1.807, 2.05) is 54.7 Å². The number of nitrogens with zero attached hydrogens (tertiary/aromatic N) is 2. The van der Waals surface area contributed by atoms with Crippen LogP contribution in [-0.2, 0) is 11.3 Å². The third-order valence-electron chi connectivity index (χ3n) is 7.92. The van der Waals surface area contributed by atoms with Gasteiger partial charge in [0.15, 0.2) is 0 Å². The number of nitrogens with one attached hydrogen (secondary N) is 3. The molecule has 0 radical (unpaired) electrons. The summed E-state index contributed by atoms with van der Waals surface area (Å²) in [5, 5.41) is 10.3. The minimum absolute atomic E-state index is 0.0153. The Bertz CT molecular complexity index is 1300. The van der Waals surface area contributed by atoms with Gasteiger partial charge in [-0.1, -0.05) is 24.3 Å². The molecule has 2 aromatic carbocycles. The van der Waals surface area contributed by atoms with Crippen LogP contribution in [0.4, 0.5) is 5.82 Å². The van der Waals surface area contributed by atoms with Gasteiger partial charge in [-0.05, 0) is 88.1 Å². The Labute approximate surface area is 250 Å². The first-order chi connectivity index (χ1) is 20.1. The topological polar surface area (TPSA) is 87.8 Å². The minimum atomic E-state index is -0.0272. The highest BCUT2D eigenvalue weighted by atomic mass is 16.5. The van der Waals surface area contributed by atoms with E-state index in [-0.39, 0.29) is 23.0 Å². The van der Waals surface area contributed by atoms with E-state index < -0.39 is 0 Å². The third-order valence-corrected chi connectivity index (χ3v) is 7.92. The molecule has 8 heteroatoms. The van der Waals surface area contributed by atoms with Crippen molar-refractivity contribution in [2.45, 2.75) is 64.3 Å². The molecule has 2 aliphatic heterocycles. The Morgan fingerprint density at radius 2 is 1.74 bits per heavy atom. The summed E-state index contributed by atoms with van der Waals surface area (Å²) in [6, 6.07) is 20.0. The van der Waals surface area contributed by atoms with Crippen molar-refractivity contribution in [1.29, 1.82) is 0 Å². The number of amides is 1. The minimum Gasteiger partial charge on any atom is -0.489 e. The van der Waals surface area contributed by atoms with Gasteiger partial charge in [0.25, 0.3) is 5.91 Å². The summed E-state index contributed by atoms with van der Waals surface area (Å²) in [5.41, 5.74) is 3.74. The number of hydrogen-bond acceptors (Lipinski definition) is 7. The maximum Gasteiger partial charge on any atom is 0.251 e. The number of anilines is 1. The van der Waals surface area contributed by atoms with Gasteiger partial charge in [0, 0.05) is 60.6 Å². The molecule has 0 spiro atoms. The van der Waals surface area contributed by atoms with Gasteiger partial charge < -0.3 is 25.4 Å². The molecule has 2 fully saturated rings. The molecule has 5 rings (SSSR count). The lowest BCUT2D eigenvalue weighted by atomic mass is 9.79. The number of benzene rings is 2. The van der Waals surface area contributed by atoms with E-state index in [9.17, 15) is 4.79 Å². The Kier molecular flexibility index (Phi) is 9.46. The van der Waals surface area contributed by atoms with Crippen molar-refractivity contribution in [2.24, 2.45) is 0 Å². The van der Waals surface area contributed by atoms with Crippen LogP contribution in [0.3, 0.4) is 0 Å². The van der Waals surface area contributed by atoms with Crippen molar-refractivity contribution in [3.05, 3.63) is 78.0 Å². The number of hydrogen-bond donors (Lipinski definition) is 3. The number of aromatic nitrogens is 1. The van der Waals surface area contributed by atoms with Gasteiger partial charge in [0.05, 0.1) is 13.2 Å². The smallest absolute Gasteiger partial charge is 0.251 e. The zero-order chi connectivity index (χ0) is 29.6. The van der Waals surface area contributed by atoms with Crippen LogP contribution in [0.1, 0.15) is 56.5 Å². The van der Waals surface area contributed by atoms with Crippen LogP contribution in [0.25, 0.3) is 11.1 Å². The first-order valence-corrected chi connectivity index (χ1v) is 15.1. The van der Waals surface area contributed by atoms with Crippen LogP contribution in [0, 0.1) is 0 Å². The fraction of sp³-hybridized carbons (Fsp3) is 0.471. The zero-order valence-corrected chi connectivity index (χ0v) is 25.4. The second-order valence-corrected chi connectivity index (χ2v) is 12.8. The van der Waals surface area contributed by atoms with Crippen LogP contribution in [0.15, 0.2) is 66.9 Å². The van der Waals surface area contributed by atoms with Crippen molar-refractivity contribution >= 4 is 11.7 Å². The molecule has 2 saturated heterocycles. The van der Waals surface area contributed by atoms with E-state index >= 15 is 0 Å². The van der Waals surface area contributed by atoms with Crippen molar-refractivity contribution in [2.75, 3.05) is 44.7 Å². The van der Waals surface area contributed by atoms with Crippen molar-refractivity contribution in [3.8, 4) is 16.9 Å². The Hall–Kier alpha value is -3.46. The maximum atomic E-state index is 13.0. The van der Waals surface area contributed by atoms with E-state index in [1.165, 1.54) is 0 Å². The average molecular weight is 572 g/mol. The van der Waals surface area contributed by atoms with Gasteiger partial charge >= 0.3 is 0 Å².